The predicted octanol–water partition coefficient (Wildman–Crippen LogP) is 2.79. The molecule has 1 atom stereocenters. The van der Waals surface area contributed by atoms with Gasteiger partial charge < -0.3 is 0 Å². The fourth-order valence-corrected chi connectivity index (χ4v) is 4.28. The predicted molar refractivity (Wildman–Crippen MR) is 94.8 cm³/mol. The van der Waals surface area contributed by atoms with Crippen LogP contribution in [0.2, 0.25) is 5.02 Å². The van der Waals surface area contributed by atoms with Gasteiger partial charge in [0.05, 0.1) is 6.04 Å². The van der Waals surface area contributed by atoms with Crippen LogP contribution >= 0.6 is 11.6 Å². The fourth-order valence-electron chi connectivity index (χ4n) is 2.86. The molecule has 1 fully saturated rings. The molecular formula is C16H25ClFN3O2S. The lowest BCUT2D eigenvalue weighted by Crippen LogP contribution is -2.45. The molecule has 0 aliphatic carbocycles. The van der Waals surface area contributed by atoms with E-state index in [9.17, 15) is 12.8 Å². The fraction of sp³-hybridized carbons (Fsp3) is 0.625. The van der Waals surface area contributed by atoms with Crippen molar-refractivity contribution >= 4 is 21.8 Å². The molecule has 0 bridgehead atoms. The topological polar surface area (TPSA) is 52.7 Å². The number of hydrogen-bond donors (Lipinski definition) is 1. The molecule has 8 heteroatoms. The Balaban J connectivity index is 2.25. The van der Waals surface area contributed by atoms with Crippen molar-refractivity contribution in [1.82, 2.24) is 13.9 Å². The Morgan fingerprint density at radius 1 is 1.33 bits per heavy atom. The molecule has 1 aliphatic heterocycles. The van der Waals surface area contributed by atoms with Gasteiger partial charge in [0.2, 0.25) is 0 Å². The van der Waals surface area contributed by atoms with Crippen LogP contribution in [-0.4, -0.2) is 50.3 Å². The third-order valence-corrected chi connectivity index (χ3v) is 6.52. The molecule has 0 saturated carbocycles. The minimum atomic E-state index is -3.63. The van der Waals surface area contributed by atoms with Crippen molar-refractivity contribution in [1.29, 1.82) is 0 Å². The zero-order chi connectivity index (χ0) is 17.9. The van der Waals surface area contributed by atoms with E-state index in [0.29, 0.717) is 10.6 Å². The van der Waals surface area contributed by atoms with Gasteiger partial charge in [0.15, 0.2) is 0 Å². The molecule has 1 heterocycles. The summed E-state index contributed by atoms with van der Waals surface area (Å²) in [5, 5.41) is 0.323. The second kappa shape index (κ2) is 8.10. The summed E-state index contributed by atoms with van der Waals surface area (Å²) in [4.78, 5) is 2.09. The van der Waals surface area contributed by atoms with Crippen LogP contribution < -0.4 is 4.72 Å². The van der Waals surface area contributed by atoms with Crippen LogP contribution in [0.4, 0.5) is 4.39 Å². The first-order chi connectivity index (χ1) is 11.2. The van der Waals surface area contributed by atoms with E-state index in [0.717, 1.165) is 25.9 Å². The molecule has 0 spiro atoms. The van der Waals surface area contributed by atoms with Gasteiger partial charge in [-0.15, -0.1) is 0 Å². The summed E-state index contributed by atoms with van der Waals surface area (Å²) in [6, 6.07) is 3.97. The Bertz CT molecular complexity index is 643. The summed E-state index contributed by atoms with van der Waals surface area (Å²) >= 11 is 6.21. The number of halogens is 2. The van der Waals surface area contributed by atoms with E-state index in [4.69, 9.17) is 11.6 Å². The van der Waals surface area contributed by atoms with Crippen molar-refractivity contribution in [3.8, 4) is 0 Å². The molecule has 1 N–H and O–H groups in total. The largest absolute Gasteiger partial charge is 0.295 e. The first-order valence-corrected chi connectivity index (χ1v) is 9.96. The van der Waals surface area contributed by atoms with Crippen molar-refractivity contribution in [3.05, 3.63) is 34.6 Å². The SMILES string of the molecule is CC(C)N(C)S(=O)(=O)NCC(c1c(F)cccc1Cl)N1CCCC1. The number of nitrogens with zero attached hydrogens (tertiary/aromatic N) is 2. The van der Waals surface area contributed by atoms with E-state index >= 15 is 0 Å². The van der Waals surface area contributed by atoms with Crippen LogP contribution in [0.1, 0.15) is 38.3 Å². The second-order valence-electron chi connectivity index (χ2n) is 6.36. The summed E-state index contributed by atoms with van der Waals surface area (Å²) in [6.45, 7) is 5.28. The molecule has 1 aromatic rings. The van der Waals surface area contributed by atoms with Crippen LogP contribution in [0.5, 0.6) is 0 Å². The maximum Gasteiger partial charge on any atom is 0.279 e. The summed E-state index contributed by atoms with van der Waals surface area (Å²) < 4.78 is 42.9. The monoisotopic (exact) mass is 377 g/mol. The Morgan fingerprint density at radius 3 is 2.50 bits per heavy atom. The Kier molecular flexibility index (Phi) is 6.61. The van der Waals surface area contributed by atoms with Crippen molar-refractivity contribution in [3.63, 3.8) is 0 Å². The average Bonchev–Trinajstić information content (AvgIpc) is 3.03. The van der Waals surface area contributed by atoms with Gasteiger partial charge in [-0.25, -0.2) is 9.11 Å². The highest BCUT2D eigenvalue weighted by Gasteiger charge is 2.30. The highest BCUT2D eigenvalue weighted by Crippen LogP contribution is 2.32. The van der Waals surface area contributed by atoms with Crippen LogP contribution in [0.3, 0.4) is 0 Å². The summed E-state index contributed by atoms with van der Waals surface area (Å²) in [5.74, 6) is -0.407. The molecule has 1 saturated heterocycles. The van der Waals surface area contributed by atoms with Crippen molar-refractivity contribution in [2.45, 2.75) is 38.8 Å². The van der Waals surface area contributed by atoms with Crippen LogP contribution in [0, 0.1) is 5.82 Å². The van der Waals surface area contributed by atoms with Crippen LogP contribution in [0.25, 0.3) is 0 Å². The summed E-state index contributed by atoms with van der Waals surface area (Å²) in [6.07, 6.45) is 2.03. The Labute approximate surface area is 149 Å². The first kappa shape index (κ1) is 19.6. The zero-order valence-electron chi connectivity index (χ0n) is 14.3. The zero-order valence-corrected chi connectivity index (χ0v) is 15.9. The van der Waals surface area contributed by atoms with Crippen molar-refractivity contribution < 1.29 is 12.8 Å². The van der Waals surface area contributed by atoms with Gasteiger partial charge in [0.25, 0.3) is 10.2 Å². The molecule has 5 nitrogen and oxygen atoms in total. The van der Waals surface area contributed by atoms with E-state index in [2.05, 4.69) is 9.62 Å². The van der Waals surface area contributed by atoms with E-state index in [1.165, 1.54) is 17.4 Å². The van der Waals surface area contributed by atoms with Gasteiger partial charge in [-0.05, 0) is 51.9 Å². The number of nitrogens with one attached hydrogen (secondary N) is 1. The molecule has 136 valence electrons. The van der Waals surface area contributed by atoms with E-state index in [1.807, 2.05) is 0 Å². The van der Waals surface area contributed by atoms with E-state index < -0.39 is 22.1 Å². The maximum absolute atomic E-state index is 14.4. The molecule has 1 unspecified atom stereocenters. The number of likely N-dealkylation sites (tertiary alicyclic amines) is 1. The second-order valence-corrected chi connectivity index (χ2v) is 8.58. The highest BCUT2D eigenvalue weighted by molar-refractivity contribution is 7.87. The number of rotatable bonds is 7. The Morgan fingerprint density at radius 2 is 1.96 bits per heavy atom. The molecular weight excluding hydrogens is 353 g/mol. The lowest BCUT2D eigenvalue weighted by Gasteiger charge is -2.30. The first-order valence-electron chi connectivity index (χ1n) is 8.14. The lowest BCUT2D eigenvalue weighted by atomic mass is 10.0. The number of benzene rings is 1. The Hall–Kier alpha value is -0.730. The van der Waals surface area contributed by atoms with Gasteiger partial charge in [-0.3, -0.25) is 4.90 Å². The molecule has 24 heavy (non-hydrogen) atoms. The third kappa shape index (κ3) is 4.46. The molecule has 2 rings (SSSR count). The van der Waals surface area contributed by atoms with Gasteiger partial charge >= 0.3 is 0 Å². The van der Waals surface area contributed by atoms with E-state index in [1.54, 1.807) is 26.0 Å². The van der Waals surface area contributed by atoms with Crippen LogP contribution in [0.15, 0.2) is 18.2 Å². The van der Waals surface area contributed by atoms with Crippen molar-refractivity contribution in [2.24, 2.45) is 0 Å². The molecule has 0 amide bonds. The molecule has 1 aromatic carbocycles. The van der Waals surface area contributed by atoms with Gasteiger partial charge in [0, 0.05) is 30.2 Å². The molecule has 0 radical (unpaired) electrons. The average molecular weight is 378 g/mol. The minimum absolute atomic E-state index is 0.0834. The summed E-state index contributed by atoms with van der Waals surface area (Å²) in [7, 11) is -2.10. The molecule has 0 aromatic heterocycles. The van der Waals surface area contributed by atoms with Gasteiger partial charge in [-0.1, -0.05) is 17.7 Å². The quantitative estimate of drug-likeness (QED) is 0.795. The minimum Gasteiger partial charge on any atom is -0.295 e. The lowest BCUT2D eigenvalue weighted by molar-refractivity contribution is 0.240. The van der Waals surface area contributed by atoms with Crippen molar-refractivity contribution in [2.75, 3.05) is 26.7 Å². The summed E-state index contributed by atoms with van der Waals surface area (Å²) in [5.41, 5.74) is 0.357. The van der Waals surface area contributed by atoms with Gasteiger partial charge in [0.1, 0.15) is 5.82 Å². The van der Waals surface area contributed by atoms with Gasteiger partial charge in [-0.2, -0.15) is 12.7 Å². The standard InChI is InChI=1S/C16H25ClFN3O2S/c1-12(2)20(3)24(22,23)19-11-15(21-9-4-5-10-21)16-13(17)7-6-8-14(16)18/h6-8,12,15,19H,4-5,9-11H2,1-3H3. The van der Waals surface area contributed by atoms with Crippen LogP contribution in [-0.2, 0) is 10.2 Å². The van der Waals surface area contributed by atoms with E-state index in [-0.39, 0.29) is 12.6 Å². The maximum atomic E-state index is 14.4. The smallest absolute Gasteiger partial charge is 0.279 e. The number of hydrogen-bond acceptors (Lipinski definition) is 3. The normalized spacial score (nSPS) is 17.8. The highest BCUT2D eigenvalue weighted by atomic mass is 35.5. The molecule has 1 aliphatic rings. The third-order valence-electron chi connectivity index (χ3n) is 4.48.